The summed E-state index contributed by atoms with van der Waals surface area (Å²) in [5.74, 6) is -10.8. The summed E-state index contributed by atoms with van der Waals surface area (Å²) in [5.41, 5.74) is -1.29. The topological polar surface area (TPSA) is 157 Å². The van der Waals surface area contributed by atoms with E-state index in [1.54, 1.807) is 6.20 Å². The number of halogens is 4. The molecule has 2 fully saturated rings. The second-order valence-electron chi connectivity index (χ2n) is 10.3. The van der Waals surface area contributed by atoms with Crippen LogP contribution in [0.25, 0.3) is 11.3 Å². The number of rotatable bonds is 9. The third kappa shape index (κ3) is 6.38. The highest BCUT2D eigenvalue weighted by Gasteiger charge is 2.49. The van der Waals surface area contributed by atoms with E-state index in [0.717, 1.165) is 24.4 Å². The fraction of sp³-hybridized carbons (Fsp3) is 0.464. The molecular weight excluding hydrogens is 628 g/mol. The lowest BCUT2D eigenvalue weighted by Gasteiger charge is -2.45. The van der Waals surface area contributed by atoms with Crippen molar-refractivity contribution in [2.45, 2.75) is 47.2 Å². The van der Waals surface area contributed by atoms with Gasteiger partial charge in [-0.05, 0) is 0 Å². The van der Waals surface area contributed by atoms with E-state index in [1.807, 2.05) is 30.3 Å². The van der Waals surface area contributed by atoms with Gasteiger partial charge in [-0.25, -0.2) is 13.5 Å². The van der Waals surface area contributed by atoms with Gasteiger partial charge in [0.1, 0.15) is 41.0 Å². The highest BCUT2D eigenvalue weighted by molar-refractivity contribution is 8.00. The lowest BCUT2D eigenvalue weighted by molar-refractivity contribution is -0.172. The summed E-state index contributed by atoms with van der Waals surface area (Å²) in [6.45, 7) is -0.593. The van der Waals surface area contributed by atoms with Crippen molar-refractivity contribution in [1.82, 2.24) is 20.3 Å². The summed E-state index contributed by atoms with van der Waals surface area (Å²) in [6.07, 6.45) is -3.68. The van der Waals surface area contributed by atoms with E-state index in [2.05, 4.69) is 20.4 Å². The molecule has 1 amide bonds. The van der Waals surface area contributed by atoms with Crippen LogP contribution in [0.4, 0.5) is 17.6 Å². The molecule has 5 rings (SSSR count). The maximum Gasteiger partial charge on any atom is 0.257 e. The van der Waals surface area contributed by atoms with Crippen molar-refractivity contribution in [2.75, 3.05) is 34.0 Å². The Morgan fingerprint density at radius 2 is 1.76 bits per heavy atom. The van der Waals surface area contributed by atoms with Gasteiger partial charge in [0.15, 0.2) is 17.4 Å². The number of amides is 1. The molecule has 2 aliphatic heterocycles. The normalized spacial score (nSPS) is 28.6. The lowest BCUT2D eigenvalue weighted by atomic mass is 9.96. The largest absolute Gasteiger partial charge is 0.491 e. The Bertz CT molecular complexity index is 1480. The fourth-order valence-electron chi connectivity index (χ4n) is 5.28. The van der Waals surface area contributed by atoms with Crippen molar-refractivity contribution in [1.29, 1.82) is 0 Å². The van der Waals surface area contributed by atoms with Gasteiger partial charge in [-0.3, -0.25) is 4.79 Å². The first-order valence-corrected chi connectivity index (χ1v) is 14.6. The Balaban J connectivity index is 1.36. The highest BCUT2D eigenvalue weighted by Crippen LogP contribution is 2.38. The standard InChI is InChI=1S/C28H30F4N4O8S/c1-41-25-20(31)18(29)17(19(30)21(25)32)27(40)33-22-24(39)15(9-37)44-28(26(22)42-2)45-16-11-43-10-14(23(16)38)36-8-13(34-35-36)12-6-4-3-5-7-12/h3-8,14-16,22-24,26,28,37-39H,9-11H2,1-2H3,(H,33,40). The first kappa shape index (κ1) is 33.1. The molecule has 0 spiro atoms. The number of aliphatic hydroxyl groups excluding tert-OH is 3. The predicted octanol–water partition coefficient (Wildman–Crippen LogP) is 1.44. The lowest BCUT2D eigenvalue weighted by Crippen LogP contribution is -2.65. The van der Waals surface area contributed by atoms with Gasteiger partial charge in [-0.2, -0.15) is 8.78 Å². The number of carbonyl (C=O) groups is 1. The molecule has 1 aromatic heterocycles. The van der Waals surface area contributed by atoms with E-state index < -0.39 is 94.3 Å². The number of hydrogen-bond donors (Lipinski definition) is 4. The van der Waals surface area contributed by atoms with Crippen molar-refractivity contribution in [3.8, 4) is 17.0 Å². The zero-order chi connectivity index (χ0) is 32.4. The van der Waals surface area contributed by atoms with Crippen LogP contribution in [0.1, 0.15) is 16.4 Å². The first-order chi connectivity index (χ1) is 21.6. The summed E-state index contributed by atoms with van der Waals surface area (Å²) in [7, 11) is 2.00. The Kier molecular flexibility index (Phi) is 10.3. The van der Waals surface area contributed by atoms with Gasteiger partial charge in [-0.1, -0.05) is 35.5 Å². The molecule has 244 valence electrons. The summed E-state index contributed by atoms with van der Waals surface area (Å²) >= 11 is 1.01. The molecule has 0 aliphatic carbocycles. The number of benzene rings is 2. The molecule has 45 heavy (non-hydrogen) atoms. The molecule has 2 aliphatic rings. The molecule has 0 bridgehead atoms. The number of aliphatic hydroxyl groups is 3. The van der Waals surface area contributed by atoms with Crippen molar-refractivity contribution >= 4 is 17.7 Å². The predicted molar refractivity (Wildman–Crippen MR) is 149 cm³/mol. The average Bonchev–Trinajstić information content (AvgIpc) is 3.53. The number of ether oxygens (including phenoxy) is 4. The molecule has 0 saturated carbocycles. The molecule has 0 radical (unpaired) electrons. The van der Waals surface area contributed by atoms with Gasteiger partial charge in [0.25, 0.3) is 5.91 Å². The number of aromatic nitrogens is 3. The molecule has 3 heterocycles. The van der Waals surface area contributed by atoms with Gasteiger partial charge in [0.05, 0.1) is 50.5 Å². The molecule has 2 saturated heterocycles. The molecular formula is C28H30F4N4O8S. The van der Waals surface area contributed by atoms with Gasteiger partial charge in [-0.15, -0.1) is 16.9 Å². The van der Waals surface area contributed by atoms with Crippen LogP contribution >= 0.6 is 11.8 Å². The minimum Gasteiger partial charge on any atom is -0.491 e. The van der Waals surface area contributed by atoms with Crippen LogP contribution in [0.2, 0.25) is 0 Å². The van der Waals surface area contributed by atoms with E-state index in [-0.39, 0.29) is 13.2 Å². The summed E-state index contributed by atoms with van der Waals surface area (Å²) in [4.78, 5) is 13.0. The average molecular weight is 659 g/mol. The van der Waals surface area contributed by atoms with Crippen molar-refractivity contribution in [3.63, 3.8) is 0 Å². The van der Waals surface area contributed by atoms with Gasteiger partial charge in [0, 0.05) is 12.7 Å². The molecule has 8 atom stereocenters. The fourth-order valence-corrected chi connectivity index (χ4v) is 6.78. The SMILES string of the molecule is COc1c(F)c(F)c(C(=O)NC2C(O)C(CO)OC(SC3COCC(n4cc(-c5ccccc5)nn4)C3O)C2OC)c(F)c1F. The Morgan fingerprint density at radius 3 is 2.38 bits per heavy atom. The van der Waals surface area contributed by atoms with Crippen LogP contribution in [-0.2, 0) is 14.2 Å². The van der Waals surface area contributed by atoms with E-state index in [4.69, 9.17) is 14.2 Å². The minimum absolute atomic E-state index is 0.0447. The van der Waals surface area contributed by atoms with Crippen LogP contribution < -0.4 is 10.1 Å². The van der Waals surface area contributed by atoms with Crippen LogP contribution in [0, 0.1) is 23.3 Å². The van der Waals surface area contributed by atoms with Gasteiger partial charge < -0.3 is 39.6 Å². The molecule has 17 heteroatoms. The minimum atomic E-state index is -2.01. The van der Waals surface area contributed by atoms with E-state index in [9.17, 15) is 37.7 Å². The summed E-state index contributed by atoms with van der Waals surface area (Å²) < 4.78 is 80.9. The second-order valence-corrected chi connectivity index (χ2v) is 11.6. The number of carbonyl (C=O) groups excluding carboxylic acids is 1. The number of nitrogens with one attached hydrogen (secondary N) is 1. The quantitative estimate of drug-likeness (QED) is 0.195. The zero-order valence-electron chi connectivity index (χ0n) is 23.8. The molecule has 3 aromatic rings. The third-order valence-electron chi connectivity index (χ3n) is 7.66. The van der Waals surface area contributed by atoms with Crippen molar-refractivity contribution in [3.05, 3.63) is 65.4 Å². The van der Waals surface area contributed by atoms with Crippen LogP contribution in [0.15, 0.2) is 36.5 Å². The molecule has 4 N–H and O–H groups in total. The third-order valence-corrected chi connectivity index (χ3v) is 9.07. The first-order valence-electron chi connectivity index (χ1n) is 13.7. The summed E-state index contributed by atoms with van der Waals surface area (Å²) in [5, 5.41) is 41.9. The van der Waals surface area contributed by atoms with Gasteiger partial charge >= 0.3 is 0 Å². The van der Waals surface area contributed by atoms with E-state index in [0.29, 0.717) is 5.69 Å². The zero-order valence-corrected chi connectivity index (χ0v) is 24.7. The number of nitrogens with zero attached hydrogens (tertiary/aromatic N) is 3. The van der Waals surface area contributed by atoms with Crippen LogP contribution in [-0.4, -0.2) is 111 Å². The smallest absolute Gasteiger partial charge is 0.257 e. The van der Waals surface area contributed by atoms with E-state index >= 15 is 0 Å². The van der Waals surface area contributed by atoms with E-state index in [1.165, 1.54) is 11.8 Å². The maximum absolute atomic E-state index is 14.7. The summed E-state index contributed by atoms with van der Waals surface area (Å²) in [6, 6.07) is 7.12. The maximum atomic E-state index is 14.7. The highest BCUT2D eigenvalue weighted by atomic mass is 32.2. The monoisotopic (exact) mass is 658 g/mol. The Hall–Kier alpha value is -3.32. The molecule has 8 unspecified atom stereocenters. The van der Waals surface area contributed by atoms with Crippen molar-refractivity contribution in [2.24, 2.45) is 0 Å². The molecule has 2 aromatic carbocycles. The number of hydrogen-bond acceptors (Lipinski definition) is 11. The van der Waals surface area contributed by atoms with Crippen molar-refractivity contribution < 1.29 is 56.6 Å². The Labute approximate surface area is 258 Å². The molecule has 12 nitrogen and oxygen atoms in total. The van der Waals surface area contributed by atoms with Crippen LogP contribution in [0.5, 0.6) is 5.75 Å². The number of thioether (sulfide) groups is 1. The second kappa shape index (κ2) is 14.0. The van der Waals surface area contributed by atoms with Gasteiger partial charge in [0.2, 0.25) is 11.6 Å². The van der Waals surface area contributed by atoms with Crippen LogP contribution in [0.3, 0.4) is 0 Å². The number of methoxy groups -OCH3 is 2. The Morgan fingerprint density at radius 1 is 1.07 bits per heavy atom.